The highest BCUT2D eigenvalue weighted by Crippen LogP contribution is 2.24. The molecule has 1 aliphatic heterocycles. The summed E-state index contributed by atoms with van der Waals surface area (Å²) in [4.78, 5) is 12.9. The fourth-order valence-corrected chi connectivity index (χ4v) is 3.13. The van der Waals surface area contributed by atoms with Crippen molar-refractivity contribution in [3.05, 3.63) is 11.9 Å². The maximum absolute atomic E-state index is 12.9. The fraction of sp³-hybridized carbons (Fsp3) is 0.812. The third-order valence-electron chi connectivity index (χ3n) is 4.38. The van der Waals surface area contributed by atoms with E-state index in [2.05, 4.69) is 15.6 Å². The Hall–Kier alpha value is -1.31. The molecule has 1 fully saturated rings. The van der Waals surface area contributed by atoms with E-state index in [-0.39, 0.29) is 17.7 Å². The summed E-state index contributed by atoms with van der Waals surface area (Å²) in [6, 6.07) is -0.264. The van der Waals surface area contributed by atoms with Crippen molar-refractivity contribution in [3.63, 3.8) is 0 Å². The van der Waals surface area contributed by atoms with Crippen LogP contribution in [0.2, 0.25) is 0 Å². The molecule has 1 aromatic heterocycles. The summed E-state index contributed by atoms with van der Waals surface area (Å²) >= 11 is 0. The predicted molar refractivity (Wildman–Crippen MR) is 87.9 cm³/mol. The van der Waals surface area contributed by atoms with Gasteiger partial charge in [0.05, 0.1) is 11.8 Å². The number of rotatable bonds is 9. The molecule has 0 bridgehead atoms. The Bertz CT molecular complexity index is 483. The molecule has 1 aliphatic rings. The van der Waals surface area contributed by atoms with E-state index >= 15 is 0 Å². The molecule has 0 saturated carbocycles. The van der Waals surface area contributed by atoms with E-state index in [1.54, 1.807) is 17.8 Å². The standard InChI is InChI=1S/C16H29N5O2/c1-12(22)10-14-11-21(20-19-14)15(4-2-3-7-17)16(23)13-5-8-18-9-6-13/h11-13,15,18,22H,2-10,17H2,1H3/t12?,15-/m0/s1. The summed E-state index contributed by atoms with van der Waals surface area (Å²) in [5.41, 5.74) is 6.30. The van der Waals surface area contributed by atoms with Gasteiger partial charge in [0.25, 0.3) is 0 Å². The van der Waals surface area contributed by atoms with E-state index in [4.69, 9.17) is 5.73 Å². The largest absolute Gasteiger partial charge is 0.393 e. The maximum Gasteiger partial charge on any atom is 0.160 e. The second-order valence-corrected chi connectivity index (χ2v) is 6.47. The molecule has 7 heteroatoms. The van der Waals surface area contributed by atoms with Gasteiger partial charge in [-0.05, 0) is 58.7 Å². The van der Waals surface area contributed by atoms with Crippen LogP contribution in [0.4, 0.5) is 0 Å². The summed E-state index contributed by atoms with van der Waals surface area (Å²) in [6.07, 6.45) is 6.14. The van der Waals surface area contributed by atoms with Crippen LogP contribution in [0.1, 0.15) is 50.8 Å². The number of unbranched alkanes of at least 4 members (excludes halogenated alkanes) is 1. The van der Waals surface area contributed by atoms with E-state index in [9.17, 15) is 9.90 Å². The first-order valence-corrected chi connectivity index (χ1v) is 8.65. The molecule has 0 aromatic carbocycles. The van der Waals surface area contributed by atoms with Crippen LogP contribution in [-0.2, 0) is 11.2 Å². The maximum atomic E-state index is 12.9. The van der Waals surface area contributed by atoms with Gasteiger partial charge in [0, 0.05) is 18.5 Å². The van der Waals surface area contributed by atoms with Crippen molar-refractivity contribution in [1.29, 1.82) is 0 Å². The SMILES string of the molecule is CC(O)Cc1cn([C@@H](CCCCN)C(=O)C2CCNCC2)nn1. The lowest BCUT2D eigenvalue weighted by molar-refractivity contribution is -0.127. The first kappa shape index (κ1) is 18.0. The molecule has 0 radical (unpaired) electrons. The van der Waals surface area contributed by atoms with Crippen LogP contribution < -0.4 is 11.1 Å². The summed E-state index contributed by atoms with van der Waals surface area (Å²) in [5, 5.41) is 21.0. The number of nitrogens with zero attached hydrogens (tertiary/aromatic N) is 3. The molecular weight excluding hydrogens is 294 g/mol. The summed E-state index contributed by atoms with van der Waals surface area (Å²) < 4.78 is 1.69. The Labute approximate surface area is 137 Å². The third-order valence-corrected chi connectivity index (χ3v) is 4.38. The quantitative estimate of drug-likeness (QED) is 0.569. The number of hydrogen-bond acceptors (Lipinski definition) is 6. The van der Waals surface area contributed by atoms with E-state index in [0.29, 0.717) is 13.0 Å². The average Bonchev–Trinajstić information content (AvgIpc) is 2.99. The van der Waals surface area contributed by atoms with Crippen LogP contribution in [0.25, 0.3) is 0 Å². The highest BCUT2D eigenvalue weighted by Gasteiger charge is 2.29. The molecular formula is C16H29N5O2. The van der Waals surface area contributed by atoms with Gasteiger partial charge in [-0.1, -0.05) is 5.21 Å². The van der Waals surface area contributed by atoms with Gasteiger partial charge in [0.1, 0.15) is 6.04 Å². The summed E-state index contributed by atoms with van der Waals surface area (Å²) in [7, 11) is 0. The number of nitrogens with two attached hydrogens (primary N) is 1. The van der Waals surface area contributed by atoms with E-state index in [1.807, 2.05) is 0 Å². The van der Waals surface area contributed by atoms with Crippen molar-refractivity contribution < 1.29 is 9.90 Å². The van der Waals surface area contributed by atoms with E-state index in [1.165, 1.54) is 0 Å². The Morgan fingerprint density at radius 2 is 2.22 bits per heavy atom. The van der Waals surface area contributed by atoms with Crippen molar-refractivity contribution in [2.45, 2.75) is 57.6 Å². The van der Waals surface area contributed by atoms with Crippen LogP contribution in [0.5, 0.6) is 0 Å². The van der Waals surface area contributed by atoms with Crippen molar-refractivity contribution in [3.8, 4) is 0 Å². The fourth-order valence-electron chi connectivity index (χ4n) is 3.13. The molecule has 7 nitrogen and oxygen atoms in total. The van der Waals surface area contributed by atoms with Gasteiger partial charge in [-0.25, -0.2) is 4.68 Å². The van der Waals surface area contributed by atoms with Gasteiger partial charge in [-0.2, -0.15) is 0 Å². The van der Waals surface area contributed by atoms with Crippen molar-refractivity contribution >= 4 is 5.78 Å². The molecule has 0 spiro atoms. The van der Waals surface area contributed by atoms with Crippen LogP contribution in [-0.4, -0.2) is 51.6 Å². The molecule has 2 atom stereocenters. The van der Waals surface area contributed by atoms with Crippen LogP contribution in [0, 0.1) is 5.92 Å². The molecule has 2 rings (SSSR count). The molecule has 1 unspecified atom stereocenters. The number of piperidine rings is 1. The lowest BCUT2D eigenvalue weighted by atomic mass is 9.88. The number of Topliss-reactive ketones (excluding diaryl/α,β-unsaturated/α-hetero) is 1. The Kier molecular flexibility index (Phi) is 7.14. The van der Waals surface area contributed by atoms with Gasteiger partial charge < -0.3 is 16.2 Å². The van der Waals surface area contributed by atoms with Gasteiger partial charge >= 0.3 is 0 Å². The number of aliphatic hydroxyl groups excluding tert-OH is 1. The third kappa shape index (κ3) is 5.37. The smallest absolute Gasteiger partial charge is 0.160 e. The first-order chi connectivity index (χ1) is 11.1. The number of carbonyl (C=O) groups is 1. The molecule has 130 valence electrons. The zero-order valence-electron chi connectivity index (χ0n) is 13.9. The van der Waals surface area contributed by atoms with Gasteiger partial charge in [0.2, 0.25) is 0 Å². The minimum Gasteiger partial charge on any atom is -0.393 e. The monoisotopic (exact) mass is 323 g/mol. The van der Waals surface area contributed by atoms with Crippen LogP contribution >= 0.6 is 0 Å². The minimum atomic E-state index is -0.462. The van der Waals surface area contributed by atoms with Crippen molar-refractivity contribution in [2.75, 3.05) is 19.6 Å². The average molecular weight is 323 g/mol. The number of ketones is 1. The minimum absolute atomic E-state index is 0.101. The first-order valence-electron chi connectivity index (χ1n) is 8.65. The molecule has 0 aliphatic carbocycles. The van der Waals surface area contributed by atoms with Gasteiger partial charge in [-0.15, -0.1) is 5.10 Å². The molecule has 1 aromatic rings. The number of hydrogen-bond donors (Lipinski definition) is 3. The number of carbonyl (C=O) groups excluding carboxylic acids is 1. The van der Waals surface area contributed by atoms with E-state index < -0.39 is 6.10 Å². The normalized spacial score (nSPS) is 18.7. The second kappa shape index (κ2) is 9.10. The topological polar surface area (TPSA) is 106 Å². The second-order valence-electron chi connectivity index (χ2n) is 6.47. The highest BCUT2D eigenvalue weighted by molar-refractivity contribution is 5.85. The molecule has 23 heavy (non-hydrogen) atoms. The van der Waals surface area contributed by atoms with Crippen molar-refractivity contribution in [1.82, 2.24) is 20.3 Å². The predicted octanol–water partition coefficient (Wildman–Crippen LogP) is 0.440. The van der Waals surface area contributed by atoms with Gasteiger partial charge in [0.15, 0.2) is 5.78 Å². The number of nitrogens with one attached hydrogen (secondary N) is 1. The number of aliphatic hydroxyl groups is 1. The van der Waals surface area contributed by atoms with Crippen LogP contribution in [0.3, 0.4) is 0 Å². The lowest BCUT2D eigenvalue weighted by Crippen LogP contribution is -2.35. The Morgan fingerprint density at radius 1 is 1.48 bits per heavy atom. The van der Waals surface area contributed by atoms with Crippen molar-refractivity contribution in [2.24, 2.45) is 11.7 Å². The Balaban J connectivity index is 2.08. The van der Waals surface area contributed by atoms with Gasteiger partial charge in [-0.3, -0.25) is 4.79 Å². The molecule has 1 saturated heterocycles. The zero-order valence-corrected chi connectivity index (χ0v) is 13.9. The molecule has 0 amide bonds. The van der Waals surface area contributed by atoms with Crippen LogP contribution in [0.15, 0.2) is 6.20 Å². The zero-order chi connectivity index (χ0) is 16.7. The van der Waals surface area contributed by atoms with E-state index in [0.717, 1.165) is 50.9 Å². The molecule has 4 N–H and O–H groups in total. The summed E-state index contributed by atoms with van der Waals surface area (Å²) in [5.74, 6) is 0.362. The lowest BCUT2D eigenvalue weighted by Gasteiger charge is -2.26. The molecule has 2 heterocycles. The Morgan fingerprint density at radius 3 is 2.87 bits per heavy atom. The summed E-state index contributed by atoms with van der Waals surface area (Å²) in [6.45, 7) is 4.16. The number of aromatic nitrogens is 3. The highest BCUT2D eigenvalue weighted by atomic mass is 16.3.